The van der Waals surface area contributed by atoms with Gasteiger partial charge in [0.2, 0.25) is 11.7 Å². The summed E-state index contributed by atoms with van der Waals surface area (Å²) < 4.78 is 7.71. The predicted molar refractivity (Wildman–Crippen MR) is 115 cm³/mol. The lowest BCUT2D eigenvalue weighted by Crippen LogP contribution is -2.24. The molecule has 1 atom stereocenters. The van der Waals surface area contributed by atoms with Gasteiger partial charge in [-0.1, -0.05) is 43.2 Å². The molecule has 0 radical (unpaired) electrons. The van der Waals surface area contributed by atoms with Gasteiger partial charge in [0.15, 0.2) is 10.9 Å². The molecule has 30 heavy (non-hydrogen) atoms. The summed E-state index contributed by atoms with van der Waals surface area (Å²) in [5.41, 5.74) is 0.955. The molecule has 7 nitrogen and oxygen atoms in total. The average molecular weight is 422 g/mol. The van der Waals surface area contributed by atoms with Crippen LogP contribution in [-0.4, -0.2) is 25.9 Å². The Hall–Kier alpha value is -3.05. The third-order valence-corrected chi connectivity index (χ3v) is 6.36. The van der Waals surface area contributed by atoms with Crippen LogP contribution in [0.25, 0.3) is 11.6 Å². The minimum atomic E-state index is -0.409. The molecule has 1 fully saturated rings. The molecule has 2 aromatic heterocycles. The third kappa shape index (κ3) is 4.26. The molecule has 1 unspecified atom stereocenters. The van der Waals surface area contributed by atoms with Crippen LogP contribution < -0.4 is 5.32 Å². The summed E-state index contributed by atoms with van der Waals surface area (Å²) in [6.07, 6.45) is 7.35. The summed E-state index contributed by atoms with van der Waals surface area (Å²) in [4.78, 5) is 12.8. The Bertz CT molecular complexity index is 1050. The minimum absolute atomic E-state index is 0.180. The van der Waals surface area contributed by atoms with E-state index in [1.54, 1.807) is 30.5 Å². The summed E-state index contributed by atoms with van der Waals surface area (Å²) in [6, 6.07) is 13.1. The second kappa shape index (κ2) is 9.18. The predicted octanol–water partition coefficient (Wildman–Crippen LogP) is 5.03. The third-order valence-electron chi connectivity index (χ3n) is 5.30. The second-order valence-corrected chi connectivity index (χ2v) is 8.66. The number of nitrogens with one attached hydrogen (secondary N) is 1. The van der Waals surface area contributed by atoms with Gasteiger partial charge in [-0.3, -0.25) is 9.36 Å². The van der Waals surface area contributed by atoms with Gasteiger partial charge in [-0.05, 0) is 44.0 Å². The molecular weight excluding hydrogens is 398 g/mol. The van der Waals surface area contributed by atoms with Crippen molar-refractivity contribution in [3.05, 3.63) is 48.2 Å². The van der Waals surface area contributed by atoms with Crippen LogP contribution in [0.5, 0.6) is 0 Å². The lowest BCUT2D eigenvalue weighted by molar-refractivity contribution is -0.115. The fourth-order valence-corrected chi connectivity index (χ4v) is 4.65. The number of hydrogen-bond donors (Lipinski definition) is 1. The highest BCUT2D eigenvalue weighted by molar-refractivity contribution is 8.00. The highest BCUT2D eigenvalue weighted by atomic mass is 32.2. The molecule has 1 aliphatic carbocycles. The zero-order valence-corrected chi connectivity index (χ0v) is 17.6. The molecule has 8 heteroatoms. The van der Waals surface area contributed by atoms with Gasteiger partial charge < -0.3 is 9.73 Å². The summed E-state index contributed by atoms with van der Waals surface area (Å²) in [5.74, 6) is 1.21. The van der Waals surface area contributed by atoms with E-state index in [2.05, 4.69) is 26.2 Å². The number of furan rings is 1. The van der Waals surface area contributed by atoms with E-state index in [0.717, 1.165) is 12.8 Å². The summed E-state index contributed by atoms with van der Waals surface area (Å²) in [6.45, 7) is 1.83. The van der Waals surface area contributed by atoms with Gasteiger partial charge in [-0.25, -0.2) is 0 Å². The Kier molecular flexibility index (Phi) is 6.19. The van der Waals surface area contributed by atoms with Crippen LogP contribution in [0.4, 0.5) is 5.69 Å². The molecule has 1 saturated carbocycles. The Morgan fingerprint density at radius 2 is 2.03 bits per heavy atom. The van der Waals surface area contributed by atoms with E-state index in [-0.39, 0.29) is 5.91 Å². The zero-order chi connectivity index (χ0) is 20.9. The molecule has 0 bridgehead atoms. The first kappa shape index (κ1) is 20.2. The minimum Gasteiger partial charge on any atom is -0.461 e. The molecule has 1 aromatic carbocycles. The molecule has 1 aliphatic rings. The topological polar surface area (TPSA) is 96.7 Å². The van der Waals surface area contributed by atoms with Crippen LogP contribution in [0.3, 0.4) is 0 Å². The number of carbonyl (C=O) groups is 1. The largest absolute Gasteiger partial charge is 0.461 e. The van der Waals surface area contributed by atoms with Crippen LogP contribution in [-0.2, 0) is 4.79 Å². The Balaban J connectivity index is 1.56. The van der Waals surface area contributed by atoms with E-state index in [9.17, 15) is 10.1 Å². The van der Waals surface area contributed by atoms with Crippen molar-refractivity contribution in [2.75, 3.05) is 5.32 Å². The van der Waals surface area contributed by atoms with Gasteiger partial charge in [0.1, 0.15) is 6.07 Å². The first-order valence-electron chi connectivity index (χ1n) is 10.1. The molecule has 0 saturated heterocycles. The van der Waals surface area contributed by atoms with E-state index in [1.165, 1.54) is 31.0 Å². The van der Waals surface area contributed by atoms with Crippen molar-refractivity contribution in [3.8, 4) is 17.7 Å². The average Bonchev–Trinajstić information content (AvgIpc) is 3.44. The standard InChI is InChI=1S/C22H23N5O2S/c1-15(21(28)24-18-11-6-5-8-16(18)14-23)30-22-26-25-20(19-12-7-13-29-19)27(22)17-9-3-2-4-10-17/h5-8,11-13,15,17H,2-4,9-10H2,1H3,(H,24,28). The van der Waals surface area contributed by atoms with E-state index >= 15 is 0 Å². The van der Waals surface area contributed by atoms with Crippen LogP contribution in [0.1, 0.15) is 50.6 Å². The molecule has 1 amide bonds. The highest BCUT2D eigenvalue weighted by Gasteiger charge is 2.27. The van der Waals surface area contributed by atoms with E-state index in [0.29, 0.717) is 34.0 Å². The van der Waals surface area contributed by atoms with Gasteiger partial charge in [-0.2, -0.15) is 5.26 Å². The lowest BCUT2D eigenvalue weighted by atomic mass is 9.95. The van der Waals surface area contributed by atoms with Crippen LogP contribution in [0, 0.1) is 11.3 Å². The number of aromatic nitrogens is 3. The lowest BCUT2D eigenvalue weighted by Gasteiger charge is -2.25. The SMILES string of the molecule is CC(Sc1nnc(-c2ccco2)n1C1CCCCC1)C(=O)Nc1ccccc1C#N. The number of amides is 1. The quantitative estimate of drug-likeness (QED) is 0.561. The van der Waals surface area contributed by atoms with Crippen molar-refractivity contribution in [1.29, 1.82) is 5.26 Å². The van der Waals surface area contributed by atoms with Gasteiger partial charge in [0.25, 0.3) is 0 Å². The fraction of sp³-hybridized carbons (Fsp3) is 0.364. The maximum absolute atomic E-state index is 12.8. The zero-order valence-electron chi connectivity index (χ0n) is 16.7. The van der Waals surface area contributed by atoms with Crippen molar-refractivity contribution in [2.24, 2.45) is 0 Å². The second-order valence-electron chi connectivity index (χ2n) is 7.35. The monoisotopic (exact) mass is 421 g/mol. The number of hydrogen-bond acceptors (Lipinski definition) is 6. The van der Waals surface area contributed by atoms with Crippen molar-refractivity contribution in [1.82, 2.24) is 14.8 Å². The molecule has 0 spiro atoms. The highest BCUT2D eigenvalue weighted by Crippen LogP contribution is 2.36. The van der Waals surface area contributed by atoms with E-state index < -0.39 is 5.25 Å². The molecule has 2 heterocycles. The Labute approximate surface area is 179 Å². The Morgan fingerprint density at radius 3 is 2.77 bits per heavy atom. The van der Waals surface area contributed by atoms with Gasteiger partial charge in [0.05, 0.1) is 22.8 Å². The maximum Gasteiger partial charge on any atom is 0.237 e. The summed E-state index contributed by atoms with van der Waals surface area (Å²) >= 11 is 1.38. The number of carbonyl (C=O) groups excluding carboxylic acids is 1. The number of nitriles is 1. The molecule has 3 aromatic rings. The number of anilines is 1. The first-order chi connectivity index (χ1) is 14.7. The maximum atomic E-state index is 12.8. The van der Waals surface area contributed by atoms with Gasteiger partial charge >= 0.3 is 0 Å². The molecule has 154 valence electrons. The first-order valence-corrected chi connectivity index (χ1v) is 11.0. The number of benzene rings is 1. The van der Waals surface area contributed by atoms with Gasteiger partial charge in [-0.15, -0.1) is 10.2 Å². The van der Waals surface area contributed by atoms with Crippen molar-refractivity contribution < 1.29 is 9.21 Å². The molecule has 4 rings (SSSR count). The smallest absolute Gasteiger partial charge is 0.237 e. The normalized spacial score (nSPS) is 15.5. The molecule has 1 N–H and O–H groups in total. The van der Waals surface area contributed by atoms with E-state index in [1.807, 2.05) is 19.1 Å². The molecular formula is C22H23N5O2S. The van der Waals surface area contributed by atoms with Crippen LogP contribution >= 0.6 is 11.8 Å². The van der Waals surface area contributed by atoms with Crippen LogP contribution in [0.15, 0.2) is 52.2 Å². The van der Waals surface area contributed by atoms with Crippen molar-refractivity contribution in [3.63, 3.8) is 0 Å². The number of nitrogens with zero attached hydrogens (tertiary/aromatic N) is 4. The van der Waals surface area contributed by atoms with E-state index in [4.69, 9.17) is 4.42 Å². The van der Waals surface area contributed by atoms with Crippen molar-refractivity contribution in [2.45, 2.75) is 55.5 Å². The number of para-hydroxylation sites is 1. The number of thioether (sulfide) groups is 1. The summed E-state index contributed by atoms with van der Waals surface area (Å²) in [7, 11) is 0. The van der Waals surface area contributed by atoms with Gasteiger partial charge in [0, 0.05) is 6.04 Å². The number of rotatable bonds is 6. The summed E-state index contributed by atoms with van der Waals surface area (Å²) in [5, 5.41) is 21.2. The van der Waals surface area contributed by atoms with Crippen molar-refractivity contribution >= 4 is 23.4 Å². The Morgan fingerprint density at radius 1 is 1.23 bits per heavy atom. The molecule has 0 aliphatic heterocycles. The van der Waals surface area contributed by atoms with Crippen LogP contribution in [0.2, 0.25) is 0 Å². The fourth-order valence-electron chi connectivity index (χ4n) is 3.74.